The van der Waals surface area contributed by atoms with Gasteiger partial charge >= 0.3 is 0 Å². The molecule has 0 bridgehead atoms. The van der Waals surface area contributed by atoms with Gasteiger partial charge in [0.05, 0.1) is 12.1 Å². The molecule has 2 atom stereocenters. The molecule has 1 aromatic rings. The van der Waals surface area contributed by atoms with Gasteiger partial charge in [-0.25, -0.2) is 0 Å². The number of hydrogen-bond acceptors (Lipinski definition) is 4. The van der Waals surface area contributed by atoms with E-state index in [1.165, 1.54) is 10.4 Å². The lowest BCUT2D eigenvalue weighted by Crippen LogP contribution is -2.47. The summed E-state index contributed by atoms with van der Waals surface area (Å²) < 4.78 is 0. The minimum Gasteiger partial charge on any atom is -0.334 e. The lowest BCUT2D eigenvalue weighted by atomic mass is 10.0. The summed E-state index contributed by atoms with van der Waals surface area (Å²) in [5, 5.41) is 2.11. The van der Waals surface area contributed by atoms with Crippen LogP contribution in [0.3, 0.4) is 0 Å². The SMILES string of the molecule is CSCC[C@@H](N)C(=O)N1CCc2sccc2C1C. The minimum absolute atomic E-state index is 0.105. The van der Waals surface area contributed by atoms with E-state index in [0.717, 1.165) is 25.1 Å². The van der Waals surface area contributed by atoms with E-state index in [1.54, 1.807) is 23.1 Å². The second-order valence-electron chi connectivity index (χ2n) is 4.64. The van der Waals surface area contributed by atoms with Gasteiger partial charge < -0.3 is 10.6 Å². The van der Waals surface area contributed by atoms with Gasteiger partial charge in [-0.3, -0.25) is 4.79 Å². The van der Waals surface area contributed by atoms with Crippen LogP contribution in [0, 0.1) is 0 Å². The maximum absolute atomic E-state index is 12.3. The molecule has 0 saturated heterocycles. The highest BCUT2D eigenvalue weighted by atomic mass is 32.2. The molecule has 0 saturated carbocycles. The van der Waals surface area contributed by atoms with Crippen LogP contribution in [-0.2, 0) is 11.2 Å². The molecule has 0 fully saturated rings. The van der Waals surface area contributed by atoms with E-state index in [9.17, 15) is 4.79 Å². The van der Waals surface area contributed by atoms with Crippen molar-refractivity contribution < 1.29 is 4.79 Å². The molecule has 1 aliphatic heterocycles. The third-order valence-corrected chi connectivity index (χ3v) is 5.15. The molecule has 2 rings (SSSR count). The molecule has 18 heavy (non-hydrogen) atoms. The van der Waals surface area contributed by atoms with Crippen molar-refractivity contribution in [1.29, 1.82) is 0 Å². The Balaban J connectivity index is 2.04. The fraction of sp³-hybridized carbons (Fsp3) is 0.615. The summed E-state index contributed by atoms with van der Waals surface area (Å²) in [4.78, 5) is 15.7. The average Bonchev–Trinajstić information content (AvgIpc) is 2.84. The standard InChI is InChI=1S/C13H20N2OS2/c1-9-10-4-8-18-12(10)3-6-15(9)13(16)11(14)5-7-17-2/h4,8-9,11H,3,5-7,14H2,1-2H3/t9?,11-/m1/s1. The van der Waals surface area contributed by atoms with Crippen LogP contribution >= 0.6 is 23.1 Å². The Labute approximate surface area is 117 Å². The molecule has 3 nitrogen and oxygen atoms in total. The summed E-state index contributed by atoms with van der Waals surface area (Å²) in [7, 11) is 0. The molecule has 1 unspecified atom stereocenters. The highest BCUT2D eigenvalue weighted by Crippen LogP contribution is 2.33. The molecule has 0 aliphatic carbocycles. The van der Waals surface area contributed by atoms with Crippen molar-refractivity contribution in [3.63, 3.8) is 0 Å². The Bertz CT molecular complexity index is 419. The summed E-state index contributed by atoms with van der Waals surface area (Å²) in [6, 6.07) is 1.96. The largest absolute Gasteiger partial charge is 0.334 e. The highest BCUT2D eigenvalue weighted by molar-refractivity contribution is 7.98. The van der Waals surface area contributed by atoms with E-state index in [0.29, 0.717) is 0 Å². The van der Waals surface area contributed by atoms with Crippen molar-refractivity contribution >= 4 is 29.0 Å². The second-order valence-corrected chi connectivity index (χ2v) is 6.63. The fourth-order valence-corrected chi connectivity index (χ4v) is 3.84. The van der Waals surface area contributed by atoms with Crippen LogP contribution < -0.4 is 5.73 Å². The molecule has 0 radical (unpaired) electrons. The van der Waals surface area contributed by atoms with Crippen LogP contribution in [0.4, 0.5) is 0 Å². The zero-order chi connectivity index (χ0) is 13.1. The van der Waals surface area contributed by atoms with Crippen molar-refractivity contribution in [1.82, 2.24) is 4.90 Å². The topological polar surface area (TPSA) is 46.3 Å². The van der Waals surface area contributed by atoms with Crippen LogP contribution in [-0.4, -0.2) is 35.4 Å². The number of rotatable bonds is 4. The number of nitrogens with zero attached hydrogens (tertiary/aromatic N) is 1. The Morgan fingerprint density at radius 1 is 1.72 bits per heavy atom. The van der Waals surface area contributed by atoms with Crippen LogP contribution in [0.25, 0.3) is 0 Å². The quantitative estimate of drug-likeness (QED) is 0.922. The van der Waals surface area contributed by atoms with Gasteiger partial charge in [0.25, 0.3) is 0 Å². The monoisotopic (exact) mass is 284 g/mol. The fourth-order valence-electron chi connectivity index (χ4n) is 2.39. The first-order valence-electron chi connectivity index (χ1n) is 6.26. The zero-order valence-corrected chi connectivity index (χ0v) is 12.5. The smallest absolute Gasteiger partial charge is 0.240 e. The number of thioether (sulfide) groups is 1. The Morgan fingerprint density at radius 2 is 2.50 bits per heavy atom. The number of hydrogen-bond donors (Lipinski definition) is 1. The van der Waals surface area contributed by atoms with E-state index < -0.39 is 0 Å². The molecule has 2 heterocycles. The van der Waals surface area contributed by atoms with E-state index >= 15 is 0 Å². The van der Waals surface area contributed by atoms with Crippen molar-refractivity contribution in [3.05, 3.63) is 21.9 Å². The van der Waals surface area contributed by atoms with Crippen LogP contribution in [0.2, 0.25) is 0 Å². The maximum Gasteiger partial charge on any atom is 0.240 e. The van der Waals surface area contributed by atoms with Gasteiger partial charge in [0.15, 0.2) is 0 Å². The van der Waals surface area contributed by atoms with Gasteiger partial charge in [0.2, 0.25) is 5.91 Å². The minimum atomic E-state index is -0.347. The number of nitrogens with two attached hydrogens (primary N) is 1. The predicted molar refractivity (Wildman–Crippen MR) is 79.1 cm³/mol. The van der Waals surface area contributed by atoms with E-state index in [2.05, 4.69) is 18.4 Å². The van der Waals surface area contributed by atoms with Gasteiger partial charge in [-0.2, -0.15) is 11.8 Å². The first kappa shape index (κ1) is 13.9. The van der Waals surface area contributed by atoms with E-state index in [1.807, 2.05) is 11.2 Å². The molecule has 1 aromatic heterocycles. The van der Waals surface area contributed by atoms with Gasteiger partial charge in [-0.15, -0.1) is 11.3 Å². The summed E-state index contributed by atoms with van der Waals surface area (Å²) in [5.41, 5.74) is 7.29. The first-order chi connectivity index (χ1) is 8.65. The third kappa shape index (κ3) is 2.73. The normalized spacial score (nSPS) is 20.6. The average molecular weight is 284 g/mol. The summed E-state index contributed by atoms with van der Waals surface area (Å²) in [6.45, 7) is 2.91. The molecule has 5 heteroatoms. The molecule has 100 valence electrons. The number of fused-ring (bicyclic) bond motifs is 1. The van der Waals surface area contributed by atoms with Crippen molar-refractivity contribution in [3.8, 4) is 0 Å². The lowest BCUT2D eigenvalue weighted by Gasteiger charge is -2.35. The van der Waals surface area contributed by atoms with Crippen molar-refractivity contribution in [2.75, 3.05) is 18.6 Å². The van der Waals surface area contributed by atoms with Crippen LogP contribution in [0.15, 0.2) is 11.4 Å². The number of carbonyl (C=O) groups is 1. The Morgan fingerprint density at radius 3 is 3.22 bits per heavy atom. The zero-order valence-electron chi connectivity index (χ0n) is 10.9. The van der Waals surface area contributed by atoms with Gasteiger partial charge in [-0.05, 0) is 48.8 Å². The molecular formula is C13H20N2OS2. The molecule has 1 aliphatic rings. The number of thiophene rings is 1. The summed E-state index contributed by atoms with van der Waals surface area (Å²) in [6.07, 6.45) is 3.77. The highest BCUT2D eigenvalue weighted by Gasteiger charge is 2.30. The third-order valence-electron chi connectivity index (χ3n) is 3.51. The lowest BCUT2D eigenvalue weighted by molar-refractivity contribution is -0.135. The predicted octanol–water partition coefficient (Wildman–Crippen LogP) is 2.27. The van der Waals surface area contributed by atoms with Crippen LogP contribution in [0.1, 0.15) is 29.8 Å². The van der Waals surface area contributed by atoms with Gasteiger partial charge in [0, 0.05) is 11.4 Å². The van der Waals surface area contributed by atoms with Gasteiger partial charge in [0.1, 0.15) is 0 Å². The van der Waals surface area contributed by atoms with Crippen molar-refractivity contribution in [2.24, 2.45) is 5.73 Å². The maximum atomic E-state index is 12.3. The number of amides is 1. The molecule has 0 spiro atoms. The van der Waals surface area contributed by atoms with Crippen LogP contribution in [0.5, 0.6) is 0 Å². The Hall–Kier alpha value is -0.520. The molecule has 0 aromatic carbocycles. The summed E-state index contributed by atoms with van der Waals surface area (Å²) >= 11 is 3.53. The summed E-state index contributed by atoms with van der Waals surface area (Å²) in [5.74, 6) is 1.05. The van der Waals surface area contributed by atoms with Crippen molar-refractivity contribution in [2.45, 2.75) is 31.8 Å². The van der Waals surface area contributed by atoms with Gasteiger partial charge in [-0.1, -0.05) is 0 Å². The van der Waals surface area contributed by atoms with E-state index in [-0.39, 0.29) is 18.0 Å². The first-order valence-corrected chi connectivity index (χ1v) is 8.53. The number of carbonyl (C=O) groups excluding carboxylic acids is 1. The van der Waals surface area contributed by atoms with E-state index in [4.69, 9.17) is 5.73 Å². The molecular weight excluding hydrogens is 264 g/mol. The molecule has 2 N–H and O–H groups in total. The Kier molecular flexibility index (Phi) is 4.70. The second kappa shape index (κ2) is 6.08. The molecule has 1 amide bonds.